The molecule has 0 aliphatic carbocycles. The SMILES string of the molecule is CCOc1c(Cl)cc(CNC(=NC)NCc2ncc(C)s2)cc1OC. The second-order valence-corrected chi connectivity index (χ2v) is 6.91. The molecule has 0 aliphatic heterocycles. The van der Waals surface area contributed by atoms with Crippen LogP contribution in [0.5, 0.6) is 11.5 Å². The van der Waals surface area contributed by atoms with Gasteiger partial charge in [-0.1, -0.05) is 11.6 Å². The van der Waals surface area contributed by atoms with Gasteiger partial charge >= 0.3 is 0 Å². The van der Waals surface area contributed by atoms with E-state index in [-0.39, 0.29) is 0 Å². The Morgan fingerprint density at radius 3 is 2.68 bits per heavy atom. The number of ether oxygens (including phenoxy) is 2. The van der Waals surface area contributed by atoms with Crippen LogP contribution in [0.15, 0.2) is 23.3 Å². The third-order valence-corrected chi connectivity index (χ3v) is 4.53. The molecule has 0 saturated heterocycles. The highest BCUT2D eigenvalue weighted by Crippen LogP contribution is 2.36. The van der Waals surface area contributed by atoms with Gasteiger partial charge in [-0.15, -0.1) is 11.3 Å². The maximum absolute atomic E-state index is 6.30. The fourth-order valence-corrected chi connectivity index (χ4v) is 3.22. The highest BCUT2D eigenvalue weighted by Gasteiger charge is 2.12. The summed E-state index contributed by atoms with van der Waals surface area (Å²) >= 11 is 7.96. The van der Waals surface area contributed by atoms with Crippen molar-refractivity contribution in [3.8, 4) is 11.5 Å². The molecule has 0 bridgehead atoms. The molecule has 0 radical (unpaired) electrons. The van der Waals surface area contributed by atoms with Crippen molar-refractivity contribution in [2.24, 2.45) is 4.99 Å². The number of halogens is 1. The van der Waals surface area contributed by atoms with E-state index >= 15 is 0 Å². The summed E-state index contributed by atoms with van der Waals surface area (Å²) in [7, 11) is 3.33. The van der Waals surface area contributed by atoms with Crippen LogP contribution in [-0.2, 0) is 13.1 Å². The lowest BCUT2D eigenvalue weighted by molar-refractivity contribution is 0.311. The molecule has 1 aromatic carbocycles. The number of methoxy groups -OCH3 is 1. The van der Waals surface area contributed by atoms with Crippen LogP contribution >= 0.6 is 22.9 Å². The molecule has 2 aromatic rings. The van der Waals surface area contributed by atoms with Gasteiger partial charge in [0.1, 0.15) is 5.01 Å². The first-order valence-corrected chi connectivity index (χ1v) is 9.11. The molecule has 2 rings (SSSR count). The molecule has 8 heteroatoms. The Hall–Kier alpha value is -1.99. The van der Waals surface area contributed by atoms with Crippen LogP contribution in [0, 0.1) is 6.92 Å². The predicted molar refractivity (Wildman–Crippen MR) is 103 cm³/mol. The largest absolute Gasteiger partial charge is 0.493 e. The number of benzene rings is 1. The number of aromatic nitrogens is 1. The van der Waals surface area contributed by atoms with E-state index in [1.54, 1.807) is 25.5 Å². The van der Waals surface area contributed by atoms with E-state index < -0.39 is 0 Å². The lowest BCUT2D eigenvalue weighted by Gasteiger charge is -2.15. The quantitative estimate of drug-likeness (QED) is 0.567. The molecule has 0 fully saturated rings. The van der Waals surface area contributed by atoms with Crippen molar-refractivity contribution in [3.05, 3.63) is 38.8 Å². The zero-order valence-corrected chi connectivity index (χ0v) is 16.4. The monoisotopic (exact) mass is 382 g/mol. The Balaban J connectivity index is 1.97. The lowest BCUT2D eigenvalue weighted by Crippen LogP contribution is -2.36. The summed E-state index contributed by atoms with van der Waals surface area (Å²) in [6.45, 7) is 5.66. The van der Waals surface area contributed by atoms with E-state index in [1.807, 2.05) is 32.2 Å². The molecule has 0 saturated carbocycles. The van der Waals surface area contributed by atoms with Crippen LogP contribution in [0.2, 0.25) is 5.02 Å². The van der Waals surface area contributed by atoms with Gasteiger partial charge in [-0.2, -0.15) is 0 Å². The first-order valence-electron chi connectivity index (χ1n) is 7.92. The summed E-state index contributed by atoms with van der Waals surface area (Å²) in [5.74, 6) is 1.88. The molecule has 1 aromatic heterocycles. The molecular weight excluding hydrogens is 360 g/mol. The number of hydrogen-bond donors (Lipinski definition) is 2. The molecule has 0 spiro atoms. The van der Waals surface area contributed by atoms with E-state index in [9.17, 15) is 0 Å². The van der Waals surface area contributed by atoms with Gasteiger partial charge in [-0.25, -0.2) is 4.98 Å². The Labute approximate surface area is 157 Å². The van der Waals surface area contributed by atoms with Gasteiger partial charge in [-0.3, -0.25) is 4.99 Å². The molecule has 1 heterocycles. The summed E-state index contributed by atoms with van der Waals surface area (Å²) in [6.07, 6.45) is 1.87. The standard InChI is InChI=1S/C17H23ClN4O2S/c1-5-24-16-13(18)6-12(7-14(16)23-4)9-21-17(19-3)22-10-15-20-8-11(2)25-15/h6-8H,5,9-10H2,1-4H3,(H2,19,21,22). The van der Waals surface area contributed by atoms with Crippen molar-refractivity contribution in [2.45, 2.75) is 26.9 Å². The van der Waals surface area contributed by atoms with Crippen LogP contribution in [-0.4, -0.2) is 31.7 Å². The average Bonchev–Trinajstić information content (AvgIpc) is 3.02. The highest BCUT2D eigenvalue weighted by atomic mass is 35.5. The zero-order valence-electron chi connectivity index (χ0n) is 14.9. The van der Waals surface area contributed by atoms with Crippen LogP contribution in [0.4, 0.5) is 0 Å². The third-order valence-electron chi connectivity index (χ3n) is 3.34. The van der Waals surface area contributed by atoms with E-state index in [1.165, 1.54) is 4.88 Å². The van der Waals surface area contributed by atoms with E-state index in [0.29, 0.717) is 42.2 Å². The summed E-state index contributed by atoms with van der Waals surface area (Å²) in [5, 5.41) is 8.04. The lowest BCUT2D eigenvalue weighted by atomic mass is 10.2. The van der Waals surface area contributed by atoms with Gasteiger partial charge in [0.05, 0.1) is 25.3 Å². The molecule has 136 valence electrons. The maximum Gasteiger partial charge on any atom is 0.191 e. The molecule has 0 unspecified atom stereocenters. The predicted octanol–water partition coefficient (Wildman–Crippen LogP) is 3.38. The number of aryl methyl sites for hydroxylation is 1. The molecule has 25 heavy (non-hydrogen) atoms. The summed E-state index contributed by atoms with van der Waals surface area (Å²) in [4.78, 5) is 9.74. The Morgan fingerprint density at radius 2 is 2.08 bits per heavy atom. The van der Waals surface area contributed by atoms with Gasteiger partial charge in [0, 0.05) is 24.7 Å². The molecular formula is C17H23ClN4O2S. The van der Waals surface area contributed by atoms with Crippen LogP contribution in [0.3, 0.4) is 0 Å². The summed E-state index contributed by atoms with van der Waals surface area (Å²) in [5.41, 5.74) is 0.971. The van der Waals surface area contributed by atoms with Crippen LogP contribution in [0.25, 0.3) is 0 Å². The van der Waals surface area contributed by atoms with Crippen molar-refractivity contribution in [1.82, 2.24) is 15.6 Å². The topological polar surface area (TPSA) is 67.8 Å². The number of hydrogen-bond acceptors (Lipinski definition) is 5. The van der Waals surface area contributed by atoms with Crippen molar-refractivity contribution in [2.75, 3.05) is 20.8 Å². The van der Waals surface area contributed by atoms with E-state index in [0.717, 1.165) is 10.6 Å². The van der Waals surface area contributed by atoms with Crippen LogP contribution in [0.1, 0.15) is 22.4 Å². The highest BCUT2D eigenvalue weighted by molar-refractivity contribution is 7.11. The summed E-state index contributed by atoms with van der Waals surface area (Å²) < 4.78 is 10.9. The second kappa shape index (κ2) is 9.48. The normalized spacial score (nSPS) is 11.3. The van der Waals surface area contributed by atoms with Gasteiger partial charge in [-0.05, 0) is 31.5 Å². The minimum absolute atomic E-state index is 0.527. The number of rotatable bonds is 7. The second-order valence-electron chi connectivity index (χ2n) is 5.19. The Morgan fingerprint density at radius 1 is 1.32 bits per heavy atom. The Bertz CT molecular complexity index is 733. The van der Waals surface area contributed by atoms with Crippen molar-refractivity contribution < 1.29 is 9.47 Å². The third kappa shape index (κ3) is 5.51. The van der Waals surface area contributed by atoms with E-state index in [2.05, 4.69) is 20.6 Å². The molecule has 0 atom stereocenters. The minimum atomic E-state index is 0.527. The maximum atomic E-state index is 6.30. The minimum Gasteiger partial charge on any atom is -0.493 e. The number of nitrogens with one attached hydrogen (secondary N) is 2. The average molecular weight is 383 g/mol. The number of guanidine groups is 1. The van der Waals surface area contributed by atoms with Gasteiger partial charge < -0.3 is 20.1 Å². The van der Waals surface area contributed by atoms with Gasteiger partial charge in [0.15, 0.2) is 17.5 Å². The molecule has 0 aliphatic rings. The van der Waals surface area contributed by atoms with Gasteiger partial charge in [0.2, 0.25) is 0 Å². The number of nitrogens with zero attached hydrogens (tertiary/aromatic N) is 2. The number of aliphatic imine (C=N–C) groups is 1. The Kier molecular flexibility index (Phi) is 7.33. The smallest absolute Gasteiger partial charge is 0.191 e. The van der Waals surface area contributed by atoms with E-state index in [4.69, 9.17) is 21.1 Å². The number of thiazole rings is 1. The first kappa shape index (κ1) is 19.3. The first-order chi connectivity index (χ1) is 12.1. The zero-order chi connectivity index (χ0) is 18.2. The molecule has 6 nitrogen and oxygen atoms in total. The fraction of sp³-hybridized carbons (Fsp3) is 0.412. The fourth-order valence-electron chi connectivity index (χ4n) is 2.21. The summed E-state index contributed by atoms with van der Waals surface area (Å²) in [6, 6.07) is 3.76. The molecule has 0 amide bonds. The van der Waals surface area contributed by atoms with Crippen molar-refractivity contribution in [3.63, 3.8) is 0 Å². The van der Waals surface area contributed by atoms with Gasteiger partial charge in [0.25, 0.3) is 0 Å². The van der Waals surface area contributed by atoms with Crippen LogP contribution < -0.4 is 20.1 Å². The van der Waals surface area contributed by atoms with Crippen molar-refractivity contribution >= 4 is 28.9 Å². The van der Waals surface area contributed by atoms with Crippen molar-refractivity contribution in [1.29, 1.82) is 0 Å². The molecule has 2 N–H and O–H groups in total.